The lowest BCUT2D eigenvalue weighted by Crippen LogP contribution is -2.36. The minimum atomic E-state index is -0.426. The summed E-state index contributed by atoms with van der Waals surface area (Å²) < 4.78 is 20.0. The number of carbonyl (C=O) groups is 1. The molecule has 2 aromatic rings. The summed E-state index contributed by atoms with van der Waals surface area (Å²) in [6.07, 6.45) is 5.79. The molecule has 164 valence electrons. The van der Waals surface area contributed by atoms with Gasteiger partial charge in [0.15, 0.2) is 0 Å². The molecule has 2 saturated heterocycles. The Morgan fingerprint density at radius 3 is 2.87 bits per heavy atom. The topological polar surface area (TPSA) is 86.4 Å². The zero-order valence-corrected chi connectivity index (χ0v) is 17.6. The largest absolute Gasteiger partial charge is 0.378 e. The number of halogens is 1. The lowest BCUT2D eigenvalue weighted by atomic mass is 10.1. The van der Waals surface area contributed by atoms with Crippen molar-refractivity contribution in [3.05, 3.63) is 48.8 Å². The first kappa shape index (κ1) is 21.0. The molecule has 3 heterocycles. The molecule has 2 N–H and O–H groups in total. The first-order valence-electron chi connectivity index (χ1n) is 10.5. The van der Waals surface area contributed by atoms with Gasteiger partial charge in [-0.1, -0.05) is 6.92 Å². The van der Waals surface area contributed by atoms with Gasteiger partial charge in [0.05, 0.1) is 25.1 Å². The number of hydrogen-bond donors (Lipinski definition) is 2. The predicted molar refractivity (Wildman–Crippen MR) is 117 cm³/mol. The molecule has 1 atom stereocenters. The summed E-state index contributed by atoms with van der Waals surface area (Å²) >= 11 is 0. The number of nitrogens with one attached hydrogen (secondary N) is 2. The van der Waals surface area contributed by atoms with E-state index in [1.807, 2.05) is 0 Å². The molecule has 4 rings (SSSR count). The van der Waals surface area contributed by atoms with Crippen molar-refractivity contribution in [3.8, 4) is 11.3 Å². The van der Waals surface area contributed by atoms with Crippen molar-refractivity contribution in [3.63, 3.8) is 0 Å². The van der Waals surface area contributed by atoms with Crippen LogP contribution in [0, 0.1) is 11.7 Å². The molecule has 31 heavy (non-hydrogen) atoms. The number of rotatable bonds is 3. The maximum absolute atomic E-state index is 14.6. The van der Waals surface area contributed by atoms with Crippen molar-refractivity contribution in [1.29, 1.82) is 0 Å². The van der Waals surface area contributed by atoms with Gasteiger partial charge in [-0.3, -0.25) is 0 Å². The van der Waals surface area contributed by atoms with Crippen molar-refractivity contribution >= 4 is 17.5 Å². The molecule has 0 radical (unpaired) electrons. The van der Waals surface area contributed by atoms with Gasteiger partial charge in [-0.05, 0) is 36.6 Å². The highest BCUT2D eigenvalue weighted by Gasteiger charge is 2.23. The number of morpholine rings is 1. The monoisotopic (exact) mass is 426 g/mol. The van der Waals surface area contributed by atoms with Crippen LogP contribution in [-0.2, 0) is 4.74 Å². The van der Waals surface area contributed by atoms with Crippen LogP contribution in [0.1, 0.15) is 13.3 Å². The minimum Gasteiger partial charge on any atom is -0.378 e. The summed E-state index contributed by atoms with van der Waals surface area (Å²) in [5.74, 6) is 0.898. The van der Waals surface area contributed by atoms with Crippen LogP contribution in [0.25, 0.3) is 11.3 Å². The van der Waals surface area contributed by atoms with Gasteiger partial charge in [-0.2, -0.15) is 0 Å². The number of H-pyrrole nitrogens is 1. The number of aromatic amines is 1. The van der Waals surface area contributed by atoms with Crippen molar-refractivity contribution in [1.82, 2.24) is 19.9 Å². The molecular weight excluding hydrogens is 399 g/mol. The van der Waals surface area contributed by atoms with E-state index in [4.69, 9.17) is 4.74 Å². The van der Waals surface area contributed by atoms with Gasteiger partial charge in [0.25, 0.3) is 0 Å². The van der Waals surface area contributed by atoms with E-state index in [0.29, 0.717) is 30.5 Å². The van der Waals surface area contributed by atoms with Gasteiger partial charge >= 0.3 is 6.03 Å². The lowest BCUT2D eigenvalue weighted by molar-refractivity contribution is 0.122. The van der Waals surface area contributed by atoms with E-state index in [-0.39, 0.29) is 11.6 Å². The Morgan fingerprint density at radius 2 is 2.10 bits per heavy atom. The van der Waals surface area contributed by atoms with E-state index in [1.165, 1.54) is 12.4 Å². The van der Waals surface area contributed by atoms with E-state index in [1.54, 1.807) is 35.5 Å². The molecule has 9 heteroatoms. The van der Waals surface area contributed by atoms with Crippen LogP contribution in [0.2, 0.25) is 0 Å². The molecule has 0 bridgehead atoms. The van der Waals surface area contributed by atoms with E-state index < -0.39 is 5.82 Å². The first-order chi connectivity index (χ1) is 15.1. The molecule has 0 spiro atoms. The van der Waals surface area contributed by atoms with Crippen LogP contribution in [0.3, 0.4) is 0 Å². The molecule has 1 aromatic carbocycles. The number of carbonyl (C=O) groups excluding carboxylic acids is 1. The molecule has 8 nitrogen and oxygen atoms in total. The third kappa shape index (κ3) is 5.29. The van der Waals surface area contributed by atoms with Gasteiger partial charge in [-0.25, -0.2) is 19.2 Å². The zero-order chi connectivity index (χ0) is 21.6. The second-order valence-electron chi connectivity index (χ2n) is 7.83. The van der Waals surface area contributed by atoms with Crippen molar-refractivity contribution in [2.75, 3.05) is 49.6 Å². The highest BCUT2D eigenvalue weighted by molar-refractivity contribution is 5.90. The number of benzene rings is 1. The molecule has 0 saturated carbocycles. The molecule has 2 aliphatic rings. The number of anilines is 2. The summed E-state index contributed by atoms with van der Waals surface area (Å²) in [5, 5.41) is 2.86. The van der Waals surface area contributed by atoms with Crippen molar-refractivity contribution in [2.24, 2.45) is 5.92 Å². The minimum absolute atomic E-state index is 0.170. The smallest absolute Gasteiger partial charge is 0.321 e. The number of hydrogen-bond acceptors (Lipinski definition) is 5. The molecule has 0 unspecified atom stereocenters. The maximum atomic E-state index is 14.6. The fourth-order valence-corrected chi connectivity index (χ4v) is 3.74. The highest BCUT2D eigenvalue weighted by Crippen LogP contribution is 2.25. The number of nitrogens with zero attached hydrogens (tertiary/aromatic N) is 4. The Morgan fingerprint density at radius 1 is 1.26 bits per heavy atom. The molecule has 2 amide bonds. The van der Waals surface area contributed by atoms with Crippen molar-refractivity contribution in [2.45, 2.75) is 13.3 Å². The van der Waals surface area contributed by atoms with Crippen LogP contribution in [0.15, 0.2) is 43.0 Å². The summed E-state index contributed by atoms with van der Waals surface area (Å²) in [6.45, 7) is 6.44. The number of likely N-dealkylation sites (tertiary alicyclic amines) is 1. The fraction of sp³-hybridized carbons (Fsp3) is 0.409. The van der Waals surface area contributed by atoms with E-state index >= 15 is 0 Å². The van der Waals surface area contributed by atoms with Crippen LogP contribution >= 0.6 is 0 Å². The Hall–Kier alpha value is -3.20. The summed E-state index contributed by atoms with van der Waals surface area (Å²) in [7, 11) is 0. The standard InChI is InChI=1S/C22H27FN6O2/c1-16-5-7-29(14-16)22(30)27-17-2-3-19(23)18(12-17)20-4-6-25-21(13-24-15-26-20)28-8-10-31-11-9-28/h2-4,6,12-13,15-16,25H,5,7-11,14H2,1H3,(H,27,30)/t16-/m1/s1. The fourth-order valence-electron chi connectivity index (χ4n) is 3.74. The van der Waals surface area contributed by atoms with Gasteiger partial charge in [0.1, 0.15) is 18.0 Å². The average Bonchev–Trinajstić information content (AvgIpc) is 3.26. The Labute approximate surface area is 180 Å². The quantitative estimate of drug-likeness (QED) is 0.785. The molecule has 0 aliphatic carbocycles. The lowest BCUT2D eigenvalue weighted by Gasteiger charge is -2.27. The highest BCUT2D eigenvalue weighted by atomic mass is 19.1. The Kier molecular flexibility index (Phi) is 6.61. The second kappa shape index (κ2) is 9.74. The second-order valence-corrected chi connectivity index (χ2v) is 7.83. The zero-order valence-electron chi connectivity index (χ0n) is 17.6. The number of amides is 2. The van der Waals surface area contributed by atoms with Crippen LogP contribution in [0.4, 0.5) is 20.7 Å². The van der Waals surface area contributed by atoms with Gasteiger partial charge in [0.2, 0.25) is 0 Å². The molecule has 1 aromatic heterocycles. The first-order valence-corrected chi connectivity index (χ1v) is 10.5. The number of aromatic nitrogens is 3. The predicted octanol–water partition coefficient (Wildman–Crippen LogP) is 3.45. The van der Waals surface area contributed by atoms with Gasteiger partial charge in [0, 0.05) is 43.6 Å². The molecule has 2 fully saturated rings. The van der Waals surface area contributed by atoms with Gasteiger partial charge < -0.3 is 24.8 Å². The van der Waals surface area contributed by atoms with Crippen LogP contribution in [-0.4, -0.2) is 65.3 Å². The third-order valence-electron chi connectivity index (χ3n) is 5.49. The average molecular weight is 426 g/mol. The third-order valence-corrected chi connectivity index (χ3v) is 5.49. The normalized spacial score (nSPS) is 18.6. The Balaban J connectivity index is 1.57. The van der Waals surface area contributed by atoms with Gasteiger partial charge in [-0.15, -0.1) is 0 Å². The summed E-state index contributed by atoms with van der Waals surface area (Å²) in [5.41, 5.74) is 1.21. The SMILES string of the molecule is C[C@@H]1CCN(C(=O)Nc2ccc(F)c(-c3cc[nH]c(N4CCOCC4)cncn3)c2)C1. The van der Waals surface area contributed by atoms with Crippen LogP contribution in [0.5, 0.6) is 0 Å². The summed E-state index contributed by atoms with van der Waals surface area (Å²) in [4.78, 5) is 28.1. The number of ether oxygens (including phenoxy) is 1. The maximum Gasteiger partial charge on any atom is 0.321 e. The van der Waals surface area contributed by atoms with E-state index in [0.717, 1.165) is 38.4 Å². The van der Waals surface area contributed by atoms with E-state index in [9.17, 15) is 9.18 Å². The molecule has 2 aliphatic heterocycles. The summed E-state index contributed by atoms with van der Waals surface area (Å²) in [6, 6.07) is 6.01. The van der Waals surface area contributed by atoms with Crippen molar-refractivity contribution < 1.29 is 13.9 Å². The Bertz CT molecular complexity index is 974. The number of urea groups is 1. The molecular formula is C22H27FN6O2. The van der Waals surface area contributed by atoms with E-state index in [2.05, 4.69) is 32.1 Å². The van der Waals surface area contributed by atoms with Crippen LogP contribution < -0.4 is 10.2 Å².